The first-order chi connectivity index (χ1) is 12.2. The Hall–Kier alpha value is -2.22. The molecule has 1 amide bonds. The number of nitrogens with zero attached hydrogens (tertiary/aromatic N) is 5. The number of rotatable bonds is 3. The molecule has 4 rings (SSSR count). The minimum atomic E-state index is -0.165. The molecule has 144 valence electrons. The average Bonchev–Trinajstić information content (AvgIpc) is 3.27. The van der Waals surface area contributed by atoms with Crippen molar-refractivity contribution in [2.24, 2.45) is 11.7 Å². The Morgan fingerprint density at radius 3 is 2.59 bits per heavy atom. The lowest BCUT2D eigenvalue weighted by Gasteiger charge is -2.16. The Kier molecular flexibility index (Phi) is 6.75. The molecule has 2 aromatic heterocycles. The standard InChI is InChI=1S/C18H20N6O.2ClH/c1-12-7-8-20-18-21-16(22-24(12)18)17(25)23-10-14(9-19)15(11-23)13-5-3-2-4-6-13;;/h2-8,14-15H,9-11,19H2,1H3;2*1H/t14-,15+;;/m1../s1. The van der Waals surface area contributed by atoms with E-state index in [9.17, 15) is 4.79 Å². The topological polar surface area (TPSA) is 89.4 Å². The summed E-state index contributed by atoms with van der Waals surface area (Å²) in [5, 5.41) is 4.33. The molecular weight excluding hydrogens is 387 g/mol. The highest BCUT2D eigenvalue weighted by Crippen LogP contribution is 2.32. The smallest absolute Gasteiger partial charge is 0.293 e. The van der Waals surface area contributed by atoms with Crippen molar-refractivity contribution >= 4 is 36.5 Å². The molecule has 1 aliphatic heterocycles. The number of hydrogen-bond donors (Lipinski definition) is 1. The maximum absolute atomic E-state index is 12.9. The minimum Gasteiger partial charge on any atom is -0.335 e. The highest BCUT2D eigenvalue weighted by atomic mass is 35.5. The molecular formula is C18H22Cl2N6O. The third-order valence-corrected chi connectivity index (χ3v) is 4.88. The summed E-state index contributed by atoms with van der Waals surface area (Å²) in [5.74, 6) is 0.945. The third-order valence-electron chi connectivity index (χ3n) is 4.88. The molecule has 0 bridgehead atoms. The molecule has 7 nitrogen and oxygen atoms in total. The monoisotopic (exact) mass is 408 g/mol. The van der Waals surface area contributed by atoms with E-state index in [1.807, 2.05) is 31.2 Å². The lowest BCUT2D eigenvalue weighted by molar-refractivity contribution is 0.0774. The van der Waals surface area contributed by atoms with Gasteiger partial charge in [0.05, 0.1) is 0 Å². The number of halogens is 2. The number of benzene rings is 1. The molecule has 0 aliphatic carbocycles. The molecule has 1 fully saturated rings. The Morgan fingerprint density at radius 1 is 1.19 bits per heavy atom. The summed E-state index contributed by atoms with van der Waals surface area (Å²) in [6, 6.07) is 12.1. The number of nitrogens with two attached hydrogens (primary N) is 1. The van der Waals surface area contributed by atoms with Crippen molar-refractivity contribution in [3.05, 3.63) is 59.7 Å². The number of aryl methyl sites for hydroxylation is 1. The molecule has 3 aromatic rings. The van der Waals surface area contributed by atoms with Gasteiger partial charge in [-0.25, -0.2) is 9.50 Å². The zero-order chi connectivity index (χ0) is 17.4. The van der Waals surface area contributed by atoms with Crippen LogP contribution in [-0.4, -0.2) is 50.0 Å². The summed E-state index contributed by atoms with van der Waals surface area (Å²) in [7, 11) is 0. The van der Waals surface area contributed by atoms with E-state index in [4.69, 9.17) is 5.73 Å². The zero-order valence-electron chi connectivity index (χ0n) is 14.9. The van der Waals surface area contributed by atoms with Crippen molar-refractivity contribution in [2.45, 2.75) is 12.8 Å². The van der Waals surface area contributed by atoms with Crippen molar-refractivity contribution in [3.8, 4) is 0 Å². The number of fused-ring (bicyclic) bond motifs is 1. The molecule has 1 aliphatic rings. The zero-order valence-corrected chi connectivity index (χ0v) is 16.5. The van der Waals surface area contributed by atoms with Crippen molar-refractivity contribution in [3.63, 3.8) is 0 Å². The fraction of sp³-hybridized carbons (Fsp3) is 0.333. The first kappa shape index (κ1) is 21.1. The number of aromatic nitrogens is 4. The van der Waals surface area contributed by atoms with Gasteiger partial charge in [-0.15, -0.1) is 29.9 Å². The molecule has 0 unspecified atom stereocenters. The highest BCUT2D eigenvalue weighted by Gasteiger charge is 2.36. The van der Waals surface area contributed by atoms with E-state index in [1.54, 1.807) is 15.6 Å². The van der Waals surface area contributed by atoms with Crippen LogP contribution in [0.25, 0.3) is 5.78 Å². The van der Waals surface area contributed by atoms with E-state index in [0.717, 1.165) is 5.69 Å². The Morgan fingerprint density at radius 2 is 1.93 bits per heavy atom. The molecule has 2 atom stereocenters. The largest absolute Gasteiger partial charge is 0.335 e. The second-order valence-corrected chi connectivity index (χ2v) is 6.46. The van der Waals surface area contributed by atoms with Crippen LogP contribution in [0.5, 0.6) is 0 Å². The summed E-state index contributed by atoms with van der Waals surface area (Å²) in [5.41, 5.74) is 8.07. The lowest BCUT2D eigenvalue weighted by atomic mass is 9.89. The van der Waals surface area contributed by atoms with Gasteiger partial charge in [-0.1, -0.05) is 30.3 Å². The van der Waals surface area contributed by atoms with E-state index in [1.165, 1.54) is 5.56 Å². The van der Waals surface area contributed by atoms with E-state index in [0.29, 0.717) is 25.4 Å². The van der Waals surface area contributed by atoms with E-state index in [-0.39, 0.29) is 48.4 Å². The quantitative estimate of drug-likeness (QED) is 0.716. The van der Waals surface area contributed by atoms with Gasteiger partial charge in [0.25, 0.3) is 11.7 Å². The van der Waals surface area contributed by atoms with Gasteiger partial charge in [0.1, 0.15) is 0 Å². The summed E-state index contributed by atoms with van der Waals surface area (Å²) >= 11 is 0. The molecule has 1 aromatic carbocycles. The number of carbonyl (C=O) groups is 1. The first-order valence-corrected chi connectivity index (χ1v) is 8.40. The van der Waals surface area contributed by atoms with Crippen molar-refractivity contribution < 1.29 is 4.79 Å². The van der Waals surface area contributed by atoms with Crippen LogP contribution in [0.1, 0.15) is 27.8 Å². The third kappa shape index (κ3) is 3.90. The van der Waals surface area contributed by atoms with Crippen LogP contribution in [0, 0.1) is 12.8 Å². The van der Waals surface area contributed by atoms with Crippen LogP contribution >= 0.6 is 24.8 Å². The van der Waals surface area contributed by atoms with Gasteiger partial charge in [-0.3, -0.25) is 4.79 Å². The molecule has 0 radical (unpaired) electrons. The Labute approximate surface area is 169 Å². The van der Waals surface area contributed by atoms with E-state index < -0.39 is 0 Å². The highest BCUT2D eigenvalue weighted by molar-refractivity contribution is 5.91. The van der Waals surface area contributed by atoms with Gasteiger partial charge >= 0.3 is 0 Å². The maximum Gasteiger partial charge on any atom is 0.293 e. The Balaban J connectivity index is 0.00000131. The van der Waals surface area contributed by atoms with Crippen LogP contribution < -0.4 is 5.73 Å². The van der Waals surface area contributed by atoms with Crippen LogP contribution in [0.4, 0.5) is 0 Å². The van der Waals surface area contributed by atoms with Gasteiger partial charge in [-0.05, 0) is 31.0 Å². The van der Waals surface area contributed by atoms with Gasteiger partial charge in [0.2, 0.25) is 5.82 Å². The average molecular weight is 409 g/mol. The summed E-state index contributed by atoms with van der Waals surface area (Å²) < 4.78 is 1.60. The fourth-order valence-electron chi connectivity index (χ4n) is 3.49. The molecule has 1 saturated heterocycles. The van der Waals surface area contributed by atoms with Crippen LogP contribution in [0.2, 0.25) is 0 Å². The number of likely N-dealkylation sites (tertiary alicyclic amines) is 1. The number of carbonyl (C=O) groups excluding carboxylic acids is 1. The molecule has 0 saturated carbocycles. The van der Waals surface area contributed by atoms with Gasteiger partial charge < -0.3 is 10.6 Å². The van der Waals surface area contributed by atoms with Crippen molar-refractivity contribution in [2.75, 3.05) is 19.6 Å². The predicted octanol–water partition coefficient (Wildman–Crippen LogP) is 2.09. The predicted molar refractivity (Wildman–Crippen MR) is 108 cm³/mol. The fourth-order valence-corrected chi connectivity index (χ4v) is 3.49. The summed E-state index contributed by atoms with van der Waals surface area (Å²) in [4.78, 5) is 23.1. The molecule has 0 spiro atoms. The molecule has 3 heterocycles. The van der Waals surface area contributed by atoms with Gasteiger partial charge in [-0.2, -0.15) is 4.98 Å². The first-order valence-electron chi connectivity index (χ1n) is 8.40. The normalized spacial score (nSPS) is 18.8. The second kappa shape index (κ2) is 8.65. The molecule has 2 N–H and O–H groups in total. The van der Waals surface area contributed by atoms with Gasteiger partial charge in [0.15, 0.2) is 0 Å². The van der Waals surface area contributed by atoms with Crippen LogP contribution in [0.3, 0.4) is 0 Å². The maximum atomic E-state index is 12.9. The summed E-state index contributed by atoms with van der Waals surface area (Å²) in [6.07, 6.45) is 1.67. The Bertz CT molecular complexity index is 917. The summed E-state index contributed by atoms with van der Waals surface area (Å²) in [6.45, 7) is 3.70. The minimum absolute atomic E-state index is 0. The van der Waals surface area contributed by atoms with Crippen molar-refractivity contribution in [1.29, 1.82) is 0 Å². The van der Waals surface area contributed by atoms with Crippen molar-refractivity contribution in [1.82, 2.24) is 24.5 Å². The number of hydrogen-bond acceptors (Lipinski definition) is 5. The molecule has 9 heteroatoms. The van der Waals surface area contributed by atoms with Gasteiger partial charge in [0, 0.05) is 30.9 Å². The van der Waals surface area contributed by atoms with E-state index >= 15 is 0 Å². The van der Waals surface area contributed by atoms with Crippen LogP contribution in [0.15, 0.2) is 42.6 Å². The lowest BCUT2D eigenvalue weighted by Crippen LogP contribution is -2.30. The van der Waals surface area contributed by atoms with E-state index in [2.05, 4.69) is 27.2 Å². The number of amides is 1. The van der Waals surface area contributed by atoms with Crippen LogP contribution in [-0.2, 0) is 0 Å². The second-order valence-electron chi connectivity index (χ2n) is 6.46. The molecule has 27 heavy (non-hydrogen) atoms. The SMILES string of the molecule is Cc1ccnc2nc(C(=O)N3C[C@@H](CN)[C@H](c4ccccc4)C3)nn12.Cl.Cl.